The third-order valence-electron chi connectivity index (χ3n) is 2.95. The van der Waals surface area contributed by atoms with E-state index in [1.165, 1.54) is 0 Å². The first-order valence-corrected chi connectivity index (χ1v) is 6.05. The van der Waals surface area contributed by atoms with E-state index in [1.807, 2.05) is 48.5 Å². The fourth-order valence-electron chi connectivity index (χ4n) is 1.91. The Morgan fingerprint density at radius 2 is 1.90 bits per heavy atom. The van der Waals surface area contributed by atoms with Crippen molar-refractivity contribution in [2.75, 3.05) is 5.73 Å². The number of nitrogens with two attached hydrogens (primary N) is 1. The Kier molecular flexibility index (Phi) is 2.90. The van der Waals surface area contributed by atoms with Crippen molar-refractivity contribution in [2.24, 2.45) is 0 Å². The van der Waals surface area contributed by atoms with Crippen molar-refractivity contribution in [3.63, 3.8) is 0 Å². The fourth-order valence-corrected chi connectivity index (χ4v) is 1.91. The van der Waals surface area contributed by atoms with Crippen LogP contribution in [0.15, 0.2) is 54.9 Å². The molecule has 0 saturated heterocycles. The lowest BCUT2D eigenvalue weighted by Crippen LogP contribution is -1.97. The summed E-state index contributed by atoms with van der Waals surface area (Å²) >= 11 is 0. The molecule has 3 aromatic rings. The topological polar surface area (TPSA) is 80.5 Å². The first-order chi connectivity index (χ1) is 9.78. The van der Waals surface area contributed by atoms with E-state index in [2.05, 4.69) is 10.1 Å². The Morgan fingerprint density at radius 3 is 2.50 bits per heavy atom. The van der Waals surface area contributed by atoms with E-state index in [0.29, 0.717) is 5.56 Å². The molecule has 0 bridgehead atoms. The molecule has 0 atom stereocenters. The smallest absolute Gasteiger partial charge is 0.163 e. The largest absolute Gasteiger partial charge is 0.381 e. The van der Waals surface area contributed by atoms with E-state index >= 15 is 0 Å². The van der Waals surface area contributed by atoms with Crippen LogP contribution in [0.2, 0.25) is 0 Å². The van der Waals surface area contributed by atoms with Crippen LogP contribution in [0.1, 0.15) is 5.56 Å². The molecule has 0 unspecified atom stereocenters. The van der Waals surface area contributed by atoms with E-state index in [0.717, 1.165) is 16.9 Å². The van der Waals surface area contributed by atoms with Gasteiger partial charge in [0.2, 0.25) is 0 Å². The van der Waals surface area contributed by atoms with Crippen LogP contribution >= 0.6 is 0 Å². The first-order valence-electron chi connectivity index (χ1n) is 6.05. The molecule has 2 heterocycles. The van der Waals surface area contributed by atoms with Crippen molar-refractivity contribution in [3.05, 3.63) is 60.4 Å². The van der Waals surface area contributed by atoms with Crippen LogP contribution in [0.4, 0.5) is 5.82 Å². The van der Waals surface area contributed by atoms with Crippen molar-refractivity contribution >= 4 is 5.82 Å². The summed E-state index contributed by atoms with van der Waals surface area (Å²) in [6.45, 7) is 0. The molecule has 0 spiro atoms. The molecule has 2 N–H and O–H groups in total. The van der Waals surface area contributed by atoms with Gasteiger partial charge in [0.05, 0.1) is 23.8 Å². The van der Waals surface area contributed by atoms with Crippen LogP contribution in [0, 0.1) is 11.3 Å². The molecule has 0 aliphatic rings. The van der Waals surface area contributed by atoms with Gasteiger partial charge in [0.1, 0.15) is 11.6 Å². The van der Waals surface area contributed by atoms with Crippen LogP contribution < -0.4 is 5.73 Å². The molecule has 5 heteroatoms. The third-order valence-corrected chi connectivity index (χ3v) is 2.95. The number of anilines is 1. The summed E-state index contributed by atoms with van der Waals surface area (Å²) in [6, 6.07) is 15.7. The van der Waals surface area contributed by atoms with Crippen molar-refractivity contribution in [2.45, 2.75) is 0 Å². The van der Waals surface area contributed by atoms with Gasteiger partial charge in [0.25, 0.3) is 0 Å². The van der Waals surface area contributed by atoms with Crippen molar-refractivity contribution in [1.29, 1.82) is 5.26 Å². The Labute approximate surface area is 115 Å². The van der Waals surface area contributed by atoms with E-state index in [4.69, 9.17) is 11.0 Å². The van der Waals surface area contributed by atoms with E-state index < -0.39 is 0 Å². The molecule has 96 valence electrons. The van der Waals surface area contributed by atoms with Crippen LogP contribution in [0.3, 0.4) is 0 Å². The zero-order chi connectivity index (χ0) is 13.9. The lowest BCUT2D eigenvalue weighted by Gasteiger charge is -2.03. The highest BCUT2D eigenvalue weighted by Gasteiger charge is 2.07. The first kappa shape index (κ1) is 11.9. The molecular weight excluding hydrogens is 250 g/mol. The van der Waals surface area contributed by atoms with Crippen molar-refractivity contribution < 1.29 is 0 Å². The molecule has 2 aromatic heterocycles. The Bertz CT molecular complexity index is 766. The van der Waals surface area contributed by atoms with E-state index in [1.54, 1.807) is 17.1 Å². The number of hydrogen-bond donors (Lipinski definition) is 1. The number of benzene rings is 1. The maximum atomic E-state index is 8.87. The maximum absolute atomic E-state index is 8.87. The molecule has 0 radical (unpaired) electrons. The van der Waals surface area contributed by atoms with Gasteiger partial charge in [-0.25, -0.2) is 4.68 Å². The molecule has 0 saturated carbocycles. The van der Waals surface area contributed by atoms with Gasteiger partial charge in [0, 0.05) is 5.56 Å². The van der Waals surface area contributed by atoms with Gasteiger partial charge in [-0.2, -0.15) is 5.26 Å². The van der Waals surface area contributed by atoms with E-state index in [9.17, 15) is 0 Å². The summed E-state index contributed by atoms with van der Waals surface area (Å²) in [7, 11) is 0. The van der Waals surface area contributed by atoms with Gasteiger partial charge in [0.15, 0.2) is 5.82 Å². The average Bonchev–Trinajstić information content (AvgIpc) is 2.89. The van der Waals surface area contributed by atoms with E-state index in [-0.39, 0.29) is 5.82 Å². The minimum atomic E-state index is 0.222. The van der Waals surface area contributed by atoms with Gasteiger partial charge in [-0.05, 0) is 12.1 Å². The lowest BCUT2D eigenvalue weighted by atomic mass is 10.1. The number of hydrogen-bond acceptors (Lipinski definition) is 4. The number of nitriles is 1. The van der Waals surface area contributed by atoms with Crippen LogP contribution in [-0.4, -0.2) is 14.8 Å². The SMILES string of the molecule is N#Cc1cn(-c2ccc(-c3ccccc3)nc2)nc1N. The van der Waals surface area contributed by atoms with Gasteiger partial charge in [-0.3, -0.25) is 4.98 Å². The second-order valence-electron chi connectivity index (χ2n) is 4.25. The molecule has 0 aliphatic heterocycles. The Hall–Kier alpha value is -3.13. The summed E-state index contributed by atoms with van der Waals surface area (Å²) in [5.41, 5.74) is 8.69. The molecule has 0 fully saturated rings. The Balaban J connectivity index is 1.95. The van der Waals surface area contributed by atoms with Crippen molar-refractivity contribution in [1.82, 2.24) is 14.8 Å². The minimum absolute atomic E-state index is 0.222. The number of aromatic nitrogens is 3. The average molecular weight is 261 g/mol. The molecule has 0 aliphatic carbocycles. The highest BCUT2D eigenvalue weighted by atomic mass is 15.3. The zero-order valence-electron chi connectivity index (χ0n) is 10.6. The second kappa shape index (κ2) is 4.86. The normalized spacial score (nSPS) is 10.2. The summed E-state index contributed by atoms with van der Waals surface area (Å²) in [5.74, 6) is 0.222. The van der Waals surface area contributed by atoms with Crippen LogP contribution in [0.25, 0.3) is 16.9 Å². The second-order valence-corrected chi connectivity index (χ2v) is 4.25. The van der Waals surface area contributed by atoms with Crippen LogP contribution in [-0.2, 0) is 0 Å². The third kappa shape index (κ3) is 2.10. The summed E-state index contributed by atoms with van der Waals surface area (Å²) in [6.07, 6.45) is 3.30. The highest BCUT2D eigenvalue weighted by molar-refractivity contribution is 5.59. The number of nitrogen functional groups attached to an aromatic ring is 1. The minimum Gasteiger partial charge on any atom is -0.381 e. The molecule has 5 nitrogen and oxygen atoms in total. The van der Waals surface area contributed by atoms with Gasteiger partial charge >= 0.3 is 0 Å². The highest BCUT2D eigenvalue weighted by Crippen LogP contribution is 2.18. The summed E-state index contributed by atoms with van der Waals surface area (Å²) < 4.78 is 1.55. The van der Waals surface area contributed by atoms with Gasteiger partial charge in [-0.15, -0.1) is 5.10 Å². The molecule has 20 heavy (non-hydrogen) atoms. The summed E-state index contributed by atoms with van der Waals surface area (Å²) in [5, 5.41) is 13.0. The maximum Gasteiger partial charge on any atom is 0.163 e. The molecule has 1 aromatic carbocycles. The standard InChI is InChI=1S/C15H11N5/c16-8-12-10-20(19-15(12)17)13-6-7-14(18-9-13)11-4-2-1-3-5-11/h1-7,9-10H,(H2,17,19). The predicted octanol–water partition coefficient (Wildman–Crippen LogP) is 2.39. The fraction of sp³-hybridized carbons (Fsp3) is 0. The van der Waals surface area contributed by atoms with Crippen molar-refractivity contribution in [3.8, 4) is 23.0 Å². The summed E-state index contributed by atoms with van der Waals surface area (Å²) in [4.78, 5) is 4.41. The number of nitrogens with zero attached hydrogens (tertiary/aromatic N) is 4. The molecule has 3 rings (SSSR count). The number of rotatable bonds is 2. The Morgan fingerprint density at radius 1 is 1.10 bits per heavy atom. The quantitative estimate of drug-likeness (QED) is 0.768. The monoisotopic (exact) mass is 261 g/mol. The lowest BCUT2D eigenvalue weighted by molar-refractivity contribution is 0.879. The predicted molar refractivity (Wildman–Crippen MR) is 75.9 cm³/mol. The zero-order valence-corrected chi connectivity index (χ0v) is 10.6. The molecular formula is C15H11N5. The molecule has 0 amide bonds. The van der Waals surface area contributed by atoms with Crippen LogP contribution in [0.5, 0.6) is 0 Å². The van der Waals surface area contributed by atoms with Gasteiger partial charge < -0.3 is 5.73 Å². The number of pyridine rings is 1. The van der Waals surface area contributed by atoms with Gasteiger partial charge in [-0.1, -0.05) is 30.3 Å².